The fourth-order valence-electron chi connectivity index (χ4n) is 1.73. The van der Waals surface area contributed by atoms with E-state index in [0.717, 1.165) is 5.56 Å². The smallest absolute Gasteiger partial charge is 0.335 e. The van der Waals surface area contributed by atoms with Crippen LogP contribution in [-0.2, 0) is 21.0 Å². The second kappa shape index (κ2) is 8.53. The third kappa shape index (κ3) is 5.14. The number of carbonyl (C=O) groups excluding carboxylic acids is 1. The van der Waals surface area contributed by atoms with Crippen LogP contribution in [0.2, 0.25) is 0 Å². The third-order valence-corrected chi connectivity index (χ3v) is 3.23. The lowest BCUT2D eigenvalue weighted by Crippen LogP contribution is -2.22. The molecule has 0 spiro atoms. The Hall–Kier alpha value is -1.89. The predicted molar refractivity (Wildman–Crippen MR) is 85.6 cm³/mol. The van der Waals surface area contributed by atoms with Gasteiger partial charge in [0.15, 0.2) is 4.67 Å². The van der Waals surface area contributed by atoms with Crippen molar-refractivity contribution >= 4 is 28.0 Å². The molecule has 2 aromatic rings. The maximum atomic E-state index is 11.7. The lowest BCUT2D eigenvalue weighted by molar-refractivity contribution is -0.136. The van der Waals surface area contributed by atoms with E-state index in [4.69, 9.17) is 14.0 Å². The van der Waals surface area contributed by atoms with Crippen LogP contribution in [0.3, 0.4) is 0 Å². The Balaban J connectivity index is 1.90. The second-order valence-electron chi connectivity index (χ2n) is 4.40. The lowest BCUT2D eigenvalue weighted by atomic mass is 10.2. The number of carbonyl (C=O) groups is 1. The van der Waals surface area contributed by atoms with E-state index in [1.54, 1.807) is 18.2 Å². The number of esters is 1. The van der Waals surface area contributed by atoms with Crippen LogP contribution >= 0.6 is 15.9 Å². The first-order valence-electron chi connectivity index (χ1n) is 6.62. The van der Waals surface area contributed by atoms with Crippen LogP contribution in [0.4, 0.5) is 0 Å². The molecule has 1 aromatic carbocycles. The molecule has 1 heterocycles. The van der Waals surface area contributed by atoms with Crippen LogP contribution in [0, 0.1) is 0 Å². The minimum Gasteiger partial charge on any atom is -0.466 e. The Bertz CT molecular complexity index is 637. The van der Waals surface area contributed by atoms with Crippen molar-refractivity contribution in [3.63, 3.8) is 0 Å². The standard InChI is InChI=1S/C16H16BrNO4/c1-20-16(19)13(9-14-7-8-15(17)22-14)10-18-21-11-12-5-3-2-4-6-12/h2-9,18H,10-11H2,1H3/b13-9+. The van der Waals surface area contributed by atoms with E-state index in [1.807, 2.05) is 30.3 Å². The van der Waals surface area contributed by atoms with Gasteiger partial charge in [-0.05, 0) is 39.7 Å². The Labute approximate surface area is 137 Å². The van der Waals surface area contributed by atoms with Gasteiger partial charge in [-0.25, -0.2) is 4.79 Å². The lowest BCUT2D eigenvalue weighted by Gasteiger charge is -2.08. The van der Waals surface area contributed by atoms with Crippen molar-refractivity contribution in [3.05, 3.63) is 64.0 Å². The number of methoxy groups -OCH3 is 1. The Morgan fingerprint density at radius 3 is 2.68 bits per heavy atom. The van der Waals surface area contributed by atoms with Crippen molar-refractivity contribution in [2.75, 3.05) is 13.7 Å². The van der Waals surface area contributed by atoms with Crippen LogP contribution in [0.5, 0.6) is 0 Å². The molecule has 0 saturated carbocycles. The monoisotopic (exact) mass is 365 g/mol. The zero-order valence-corrected chi connectivity index (χ0v) is 13.6. The molecular weight excluding hydrogens is 350 g/mol. The molecule has 0 unspecified atom stereocenters. The van der Waals surface area contributed by atoms with Crippen molar-refractivity contribution in [1.82, 2.24) is 5.48 Å². The van der Waals surface area contributed by atoms with Crippen LogP contribution < -0.4 is 5.48 Å². The molecule has 6 heteroatoms. The summed E-state index contributed by atoms with van der Waals surface area (Å²) in [6, 6.07) is 13.2. The van der Waals surface area contributed by atoms with E-state index in [2.05, 4.69) is 21.4 Å². The molecule has 2 rings (SSSR count). The molecule has 0 fully saturated rings. The molecule has 116 valence electrons. The topological polar surface area (TPSA) is 60.7 Å². The van der Waals surface area contributed by atoms with E-state index in [-0.39, 0.29) is 6.54 Å². The van der Waals surface area contributed by atoms with Crippen molar-refractivity contribution < 1.29 is 18.8 Å². The van der Waals surface area contributed by atoms with Crippen molar-refractivity contribution in [1.29, 1.82) is 0 Å². The second-order valence-corrected chi connectivity index (χ2v) is 5.18. The first-order valence-corrected chi connectivity index (χ1v) is 7.41. The van der Waals surface area contributed by atoms with Crippen LogP contribution in [0.15, 0.2) is 57.1 Å². The summed E-state index contributed by atoms with van der Waals surface area (Å²) in [5.74, 6) is 0.112. The van der Waals surface area contributed by atoms with Gasteiger partial charge in [0.1, 0.15) is 5.76 Å². The molecule has 5 nitrogen and oxygen atoms in total. The van der Waals surface area contributed by atoms with Gasteiger partial charge in [-0.1, -0.05) is 30.3 Å². The van der Waals surface area contributed by atoms with Crippen molar-refractivity contribution in [2.45, 2.75) is 6.61 Å². The molecule has 0 aliphatic carbocycles. The van der Waals surface area contributed by atoms with Gasteiger partial charge in [-0.2, -0.15) is 5.48 Å². The van der Waals surface area contributed by atoms with E-state index in [0.29, 0.717) is 22.6 Å². The van der Waals surface area contributed by atoms with Gasteiger partial charge in [-0.3, -0.25) is 4.84 Å². The van der Waals surface area contributed by atoms with Crippen LogP contribution in [0.1, 0.15) is 11.3 Å². The van der Waals surface area contributed by atoms with E-state index in [1.165, 1.54) is 7.11 Å². The summed E-state index contributed by atoms with van der Waals surface area (Å²) in [6.45, 7) is 0.611. The minimum atomic E-state index is -0.441. The highest BCUT2D eigenvalue weighted by Gasteiger charge is 2.11. The van der Waals surface area contributed by atoms with Crippen LogP contribution in [-0.4, -0.2) is 19.6 Å². The van der Waals surface area contributed by atoms with E-state index in [9.17, 15) is 4.79 Å². The predicted octanol–water partition coefficient (Wildman–Crippen LogP) is 3.32. The van der Waals surface area contributed by atoms with E-state index < -0.39 is 5.97 Å². The molecule has 0 amide bonds. The number of furan rings is 1. The number of hydroxylamine groups is 1. The highest BCUT2D eigenvalue weighted by Crippen LogP contribution is 2.17. The van der Waals surface area contributed by atoms with E-state index >= 15 is 0 Å². The normalized spacial score (nSPS) is 11.5. The molecule has 0 atom stereocenters. The fourth-order valence-corrected chi connectivity index (χ4v) is 2.05. The summed E-state index contributed by atoms with van der Waals surface area (Å²) in [5, 5.41) is 0. The highest BCUT2D eigenvalue weighted by atomic mass is 79.9. The number of rotatable bonds is 7. The Morgan fingerprint density at radius 2 is 2.05 bits per heavy atom. The van der Waals surface area contributed by atoms with Crippen molar-refractivity contribution in [3.8, 4) is 0 Å². The molecule has 1 N–H and O–H groups in total. The average molecular weight is 366 g/mol. The summed E-state index contributed by atoms with van der Waals surface area (Å²) in [6.07, 6.45) is 1.61. The van der Waals surface area contributed by atoms with Gasteiger partial charge in [0.05, 0.1) is 25.8 Å². The number of hydrogen-bond donors (Lipinski definition) is 1. The average Bonchev–Trinajstić information content (AvgIpc) is 2.95. The SMILES string of the molecule is COC(=O)/C(=C/c1ccc(Br)o1)CNOCc1ccccc1. The summed E-state index contributed by atoms with van der Waals surface area (Å²) < 4.78 is 10.7. The molecule has 0 saturated heterocycles. The number of nitrogens with one attached hydrogen (secondary N) is 1. The quantitative estimate of drug-likeness (QED) is 0.353. The van der Waals surface area contributed by atoms with Crippen molar-refractivity contribution in [2.24, 2.45) is 0 Å². The fraction of sp³-hybridized carbons (Fsp3) is 0.188. The van der Waals surface area contributed by atoms with Gasteiger partial charge in [0.25, 0.3) is 0 Å². The maximum Gasteiger partial charge on any atom is 0.335 e. The van der Waals surface area contributed by atoms with Gasteiger partial charge in [0, 0.05) is 0 Å². The van der Waals surface area contributed by atoms with Gasteiger partial charge in [0.2, 0.25) is 0 Å². The first-order chi connectivity index (χ1) is 10.7. The zero-order valence-electron chi connectivity index (χ0n) is 12.0. The number of ether oxygens (including phenoxy) is 1. The molecule has 0 radical (unpaired) electrons. The van der Waals surface area contributed by atoms with Gasteiger partial charge >= 0.3 is 5.97 Å². The third-order valence-electron chi connectivity index (χ3n) is 2.80. The highest BCUT2D eigenvalue weighted by molar-refractivity contribution is 9.10. The van der Waals surface area contributed by atoms with Gasteiger partial charge in [-0.15, -0.1) is 0 Å². The largest absolute Gasteiger partial charge is 0.466 e. The zero-order chi connectivity index (χ0) is 15.8. The number of halogens is 1. The van der Waals surface area contributed by atoms with Gasteiger partial charge < -0.3 is 9.15 Å². The van der Waals surface area contributed by atoms with Crippen LogP contribution in [0.25, 0.3) is 6.08 Å². The Kier molecular flexibility index (Phi) is 6.39. The number of benzene rings is 1. The summed E-state index contributed by atoms with van der Waals surface area (Å²) in [4.78, 5) is 17.1. The summed E-state index contributed by atoms with van der Waals surface area (Å²) in [7, 11) is 1.33. The minimum absolute atomic E-state index is 0.206. The molecular formula is C16H16BrNO4. The molecule has 22 heavy (non-hydrogen) atoms. The molecule has 0 bridgehead atoms. The Morgan fingerprint density at radius 1 is 1.27 bits per heavy atom. The first kappa shape index (κ1) is 16.5. The molecule has 0 aliphatic heterocycles. The number of hydrogen-bond acceptors (Lipinski definition) is 5. The molecule has 0 aliphatic rings. The summed E-state index contributed by atoms with van der Waals surface area (Å²) in [5.41, 5.74) is 4.19. The molecule has 1 aromatic heterocycles. The maximum absolute atomic E-state index is 11.7. The summed E-state index contributed by atoms with van der Waals surface area (Å²) >= 11 is 3.21.